The highest BCUT2D eigenvalue weighted by Crippen LogP contribution is 2.10. The highest BCUT2D eigenvalue weighted by Gasteiger charge is 2.33. The van der Waals surface area contributed by atoms with Crippen LogP contribution >= 0.6 is 0 Å². The van der Waals surface area contributed by atoms with Gasteiger partial charge in [-0.1, -0.05) is 0 Å². The minimum absolute atomic E-state index is 0.0841. The van der Waals surface area contributed by atoms with Gasteiger partial charge in [-0.15, -0.1) is 0 Å². The summed E-state index contributed by atoms with van der Waals surface area (Å²) in [7, 11) is 0. The van der Waals surface area contributed by atoms with Crippen molar-refractivity contribution in [2.45, 2.75) is 26.3 Å². The van der Waals surface area contributed by atoms with Crippen LogP contribution in [0.4, 0.5) is 0 Å². The number of nitrogens with zero attached hydrogens (tertiary/aromatic N) is 1. The van der Waals surface area contributed by atoms with E-state index in [1.807, 2.05) is 0 Å². The van der Waals surface area contributed by atoms with Crippen molar-refractivity contribution in [1.29, 1.82) is 0 Å². The average molecular weight is 228 g/mol. The number of piperazine rings is 1. The summed E-state index contributed by atoms with van der Waals surface area (Å²) in [6.07, 6.45) is -0.0841. The predicted molar refractivity (Wildman–Crippen MR) is 55.4 cm³/mol. The Labute approximate surface area is 93.9 Å². The van der Waals surface area contributed by atoms with Gasteiger partial charge in [-0.05, 0) is 6.92 Å². The second-order valence-electron chi connectivity index (χ2n) is 3.53. The third kappa shape index (κ3) is 2.95. The van der Waals surface area contributed by atoms with E-state index in [-0.39, 0.29) is 24.8 Å². The molecule has 16 heavy (non-hydrogen) atoms. The SMILES string of the molecule is CCOC(=O)C[C@@H]1C(=O)NCCN1C(C)=O. The van der Waals surface area contributed by atoms with Gasteiger partial charge in [0, 0.05) is 20.0 Å². The molecule has 1 heterocycles. The molecule has 0 aromatic heterocycles. The molecule has 1 aliphatic heterocycles. The third-order valence-electron chi connectivity index (χ3n) is 2.40. The average Bonchev–Trinajstić information content (AvgIpc) is 2.21. The Bertz CT molecular complexity index is 303. The maximum absolute atomic E-state index is 11.5. The normalized spacial score (nSPS) is 20.2. The molecule has 6 heteroatoms. The van der Waals surface area contributed by atoms with E-state index in [0.29, 0.717) is 13.1 Å². The lowest BCUT2D eigenvalue weighted by atomic mass is 10.1. The van der Waals surface area contributed by atoms with Crippen molar-refractivity contribution in [1.82, 2.24) is 10.2 Å². The Morgan fingerprint density at radius 3 is 2.81 bits per heavy atom. The summed E-state index contributed by atoms with van der Waals surface area (Å²) in [4.78, 5) is 35.5. The molecule has 2 amide bonds. The van der Waals surface area contributed by atoms with E-state index in [4.69, 9.17) is 4.74 Å². The van der Waals surface area contributed by atoms with Crippen LogP contribution < -0.4 is 5.32 Å². The van der Waals surface area contributed by atoms with Crippen molar-refractivity contribution in [2.24, 2.45) is 0 Å². The molecule has 90 valence electrons. The zero-order valence-corrected chi connectivity index (χ0v) is 9.49. The first-order chi connectivity index (χ1) is 7.56. The van der Waals surface area contributed by atoms with Gasteiger partial charge in [0.1, 0.15) is 6.04 Å². The summed E-state index contributed by atoms with van der Waals surface area (Å²) in [5.74, 6) is -0.963. The molecular formula is C10H16N2O4. The molecule has 1 rings (SSSR count). The molecule has 0 radical (unpaired) electrons. The number of rotatable bonds is 3. The van der Waals surface area contributed by atoms with Crippen LogP contribution in [0.25, 0.3) is 0 Å². The van der Waals surface area contributed by atoms with Crippen LogP contribution in [-0.2, 0) is 19.1 Å². The van der Waals surface area contributed by atoms with Crippen molar-refractivity contribution in [2.75, 3.05) is 19.7 Å². The van der Waals surface area contributed by atoms with Crippen molar-refractivity contribution in [3.05, 3.63) is 0 Å². The highest BCUT2D eigenvalue weighted by molar-refractivity contribution is 5.91. The van der Waals surface area contributed by atoms with Gasteiger partial charge in [-0.3, -0.25) is 14.4 Å². The molecule has 0 saturated carbocycles. The summed E-state index contributed by atoms with van der Waals surface area (Å²) < 4.78 is 4.76. The molecule has 0 bridgehead atoms. The van der Waals surface area contributed by atoms with Gasteiger partial charge >= 0.3 is 5.97 Å². The molecule has 1 aliphatic rings. The second-order valence-corrected chi connectivity index (χ2v) is 3.53. The van der Waals surface area contributed by atoms with Crippen LogP contribution in [0.2, 0.25) is 0 Å². The van der Waals surface area contributed by atoms with Crippen LogP contribution in [0, 0.1) is 0 Å². The van der Waals surface area contributed by atoms with Crippen molar-refractivity contribution in [3.8, 4) is 0 Å². The Morgan fingerprint density at radius 2 is 2.25 bits per heavy atom. The minimum Gasteiger partial charge on any atom is -0.466 e. The maximum Gasteiger partial charge on any atom is 0.308 e. The molecule has 1 N–H and O–H groups in total. The fourth-order valence-corrected chi connectivity index (χ4v) is 1.67. The number of hydrogen-bond donors (Lipinski definition) is 1. The van der Waals surface area contributed by atoms with Gasteiger partial charge in [0.25, 0.3) is 0 Å². The van der Waals surface area contributed by atoms with Crippen molar-refractivity contribution < 1.29 is 19.1 Å². The largest absolute Gasteiger partial charge is 0.466 e. The zero-order chi connectivity index (χ0) is 12.1. The lowest BCUT2D eigenvalue weighted by Gasteiger charge is -2.33. The lowest BCUT2D eigenvalue weighted by Crippen LogP contribution is -2.57. The molecule has 1 atom stereocenters. The lowest BCUT2D eigenvalue weighted by molar-refractivity contribution is -0.151. The van der Waals surface area contributed by atoms with Crippen LogP contribution in [0.15, 0.2) is 0 Å². The van der Waals surface area contributed by atoms with Gasteiger partial charge in [-0.2, -0.15) is 0 Å². The minimum atomic E-state index is -0.731. The quantitative estimate of drug-likeness (QED) is 0.647. The Morgan fingerprint density at radius 1 is 1.56 bits per heavy atom. The monoisotopic (exact) mass is 228 g/mol. The molecule has 0 spiro atoms. The van der Waals surface area contributed by atoms with Gasteiger partial charge in [0.05, 0.1) is 13.0 Å². The zero-order valence-electron chi connectivity index (χ0n) is 9.49. The Kier molecular flexibility index (Phi) is 4.28. The Balaban J connectivity index is 2.67. The van der Waals surface area contributed by atoms with E-state index in [1.165, 1.54) is 11.8 Å². The number of hydrogen-bond acceptors (Lipinski definition) is 4. The van der Waals surface area contributed by atoms with Gasteiger partial charge in [0.2, 0.25) is 11.8 Å². The number of nitrogens with one attached hydrogen (secondary N) is 1. The molecule has 0 aromatic rings. The van der Waals surface area contributed by atoms with Crippen LogP contribution in [0.3, 0.4) is 0 Å². The van der Waals surface area contributed by atoms with Gasteiger partial charge in [-0.25, -0.2) is 0 Å². The molecule has 0 aliphatic carbocycles. The summed E-state index contributed by atoms with van der Waals surface area (Å²) >= 11 is 0. The summed E-state index contributed by atoms with van der Waals surface area (Å²) in [6.45, 7) is 4.22. The standard InChI is InChI=1S/C10H16N2O4/c1-3-16-9(14)6-8-10(15)11-4-5-12(8)7(2)13/h8H,3-6H2,1-2H3,(H,11,15)/t8-/m1/s1. The summed E-state index contributed by atoms with van der Waals surface area (Å²) in [6, 6.07) is -0.731. The highest BCUT2D eigenvalue weighted by atomic mass is 16.5. The van der Waals surface area contributed by atoms with E-state index in [0.717, 1.165) is 0 Å². The number of carbonyl (C=O) groups is 3. The summed E-state index contributed by atoms with van der Waals surface area (Å²) in [5.41, 5.74) is 0. The first-order valence-corrected chi connectivity index (χ1v) is 5.26. The maximum atomic E-state index is 11.5. The van der Waals surface area contributed by atoms with Crippen LogP contribution in [0.1, 0.15) is 20.3 Å². The molecule has 6 nitrogen and oxygen atoms in total. The Hall–Kier alpha value is -1.59. The molecule has 0 unspecified atom stereocenters. The smallest absolute Gasteiger partial charge is 0.308 e. The number of amides is 2. The number of carbonyl (C=O) groups excluding carboxylic acids is 3. The third-order valence-corrected chi connectivity index (χ3v) is 2.40. The molecule has 0 aromatic carbocycles. The topological polar surface area (TPSA) is 75.7 Å². The molecular weight excluding hydrogens is 212 g/mol. The van der Waals surface area contributed by atoms with E-state index in [2.05, 4.69) is 5.32 Å². The van der Waals surface area contributed by atoms with E-state index in [1.54, 1.807) is 6.92 Å². The van der Waals surface area contributed by atoms with Crippen LogP contribution in [-0.4, -0.2) is 48.4 Å². The first kappa shape index (κ1) is 12.5. The number of esters is 1. The predicted octanol–water partition coefficient (Wildman–Crippen LogP) is -0.713. The molecule has 1 saturated heterocycles. The second kappa shape index (κ2) is 5.48. The van der Waals surface area contributed by atoms with Crippen molar-refractivity contribution >= 4 is 17.8 Å². The fourth-order valence-electron chi connectivity index (χ4n) is 1.67. The molecule has 1 fully saturated rings. The van der Waals surface area contributed by atoms with Crippen molar-refractivity contribution in [3.63, 3.8) is 0 Å². The van der Waals surface area contributed by atoms with Crippen LogP contribution in [0.5, 0.6) is 0 Å². The van der Waals surface area contributed by atoms with Gasteiger partial charge in [0.15, 0.2) is 0 Å². The van der Waals surface area contributed by atoms with E-state index >= 15 is 0 Å². The first-order valence-electron chi connectivity index (χ1n) is 5.26. The number of ether oxygens (including phenoxy) is 1. The fraction of sp³-hybridized carbons (Fsp3) is 0.700. The van der Waals surface area contributed by atoms with E-state index in [9.17, 15) is 14.4 Å². The van der Waals surface area contributed by atoms with Gasteiger partial charge < -0.3 is 15.0 Å². The van der Waals surface area contributed by atoms with E-state index < -0.39 is 12.0 Å². The summed E-state index contributed by atoms with van der Waals surface area (Å²) in [5, 5.41) is 2.62.